The van der Waals surface area contributed by atoms with Gasteiger partial charge in [-0.25, -0.2) is 0 Å². The first-order valence-corrected chi connectivity index (χ1v) is 7.73. The molecule has 0 saturated carbocycles. The highest BCUT2D eigenvalue weighted by Crippen LogP contribution is 2.14. The summed E-state index contributed by atoms with van der Waals surface area (Å²) in [5, 5.41) is 2.80. The fourth-order valence-corrected chi connectivity index (χ4v) is 2.52. The molecule has 0 unspecified atom stereocenters. The van der Waals surface area contributed by atoms with E-state index >= 15 is 0 Å². The second-order valence-electron chi connectivity index (χ2n) is 5.50. The number of rotatable bonds is 6. The number of nitrogens with two attached hydrogens (primary N) is 1. The van der Waals surface area contributed by atoms with Gasteiger partial charge in [-0.1, -0.05) is 12.1 Å². The summed E-state index contributed by atoms with van der Waals surface area (Å²) >= 11 is 0. The highest BCUT2D eigenvalue weighted by molar-refractivity contribution is 5.99. The molecule has 1 aliphatic heterocycles. The monoisotopic (exact) mass is 320 g/mol. The molecule has 1 heterocycles. The quantitative estimate of drug-likeness (QED) is 0.559. The van der Waals surface area contributed by atoms with Gasteiger partial charge in [0.1, 0.15) is 0 Å². The van der Waals surface area contributed by atoms with Gasteiger partial charge in [-0.15, -0.1) is 0 Å². The molecule has 0 aromatic heterocycles. The minimum Gasteiger partial charge on any atom is -0.398 e. The van der Waals surface area contributed by atoms with E-state index in [1.54, 1.807) is 24.1 Å². The number of piperazine rings is 1. The van der Waals surface area contributed by atoms with E-state index in [9.17, 15) is 9.59 Å². The number of para-hydroxylation sites is 1. The number of hydrogen-bond acceptors (Lipinski definition) is 5. The molecule has 0 radical (unpaired) electrons. The topological polar surface area (TPSA) is 87.9 Å². The highest BCUT2D eigenvalue weighted by Gasteiger charge is 2.24. The van der Waals surface area contributed by atoms with Crippen LogP contribution in [0.5, 0.6) is 0 Å². The first-order valence-electron chi connectivity index (χ1n) is 7.73. The number of nitrogens with one attached hydrogen (secondary N) is 1. The first kappa shape index (κ1) is 17.2. The lowest BCUT2D eigenvalue weighted by atomic mass is 10.1. The van der Waals surface area contributed by atoms with Gasteiger partial charge in [0.05, 0.1) is 18.7 Å². The van der Waals surface area contributed by atoms with Crippen molar-refractivity contribution in [3.8, 4) is 0 Å². The second-order valence-corrected chi connectivity index (χ2v) is 5.50. The van der Waals surface area contributed by atoms with Gasteiger partial charge in [0.15, 0.2) is 0 Å². The molecule has 2 rings (SSSR count). The van der Waals surface area contributed by atoms with Crippen molar-refractivity contribution < 1.29 is 14.3 Å². The van der Waals surface area contributed by atoms with E-state index in [0.29, 0.717) is 57.1 Å². The molecule has 1 aromatic carbocycles. The molecular weight excluding hydrogens is 296 g/mol. The molecule has 23 heavy (non-hydrogen) atoms. The zero-order valence-corrected chi connectivity index (χ0v) is 13.5. The Morgan fingerprint density at radius 2 is 1.91 bits per heavy atom. The van der Waals surface area contributed by atoms with Crippen molar-refractivity contribution >= 4 is 17.5 Å². The number of nitrogen functional groups attached to an aromatic ring is 1. The largest absolute Gasteiger partial charge is 0.398 e. The summed E-state index contributed by atoms with van der Waals surface area (Å²) in [7, 11) is 1.60. The van der Waals surface area contributed by atoms with Crippen molar-refractivity contribution in [2.24, 2.45) is 0 Å². The van der Waals surface area contributed by atoms with Crippen LogP contribution >= 0.6 is 0 Å². The molecule has 2 amide bonds. The predicted octanol–water partition coefficient (Wildman–Crippen LogP) is -0.211. The molecule has 1 aromatic rings. The van der Waals surface area contributed by atoms with Gasteiger partial charge >= 0.3 is 0 Å². The molecule has 0 atom stereocenters. The Bertz CT molecular complexity index is 542. The Kier molecular flexibility index (Phi) is 6.37. The Balaban J connectivity index is 1.79. The van der Waals surface area contributed by atoms with Crippen LogP contribution in [0.2, 0.25) is 0 Å². The van der Waals surface area contributed by atoms with E-state index in [4.69, 9.17) is 10.5 Å². The van der Waals surface area contributed by atoms with Crippen molar-refractivity contribution in [2.45, 2.75) is 0 Å². The van der Waals surface area contributed by atoms with Crippen LogP contribution in [0.15, 0.2) is 24.3 Å². The summed E-state index contributed by atoms with van der Waals surface area (Å²) in [5.41, 5.74) is 6.90. The van der Waals surface area contributed by atoms with E-state index < -0.39 is 0 Å². The van der Waals surface area contributed by atoms with Gasteiger partial charge < -0.3 is 20.7 Å². The van der Waals surface area contributed by atoms with Crippen LogP contribution in [-0.2, 0) is 9.53 Å². The van der Waals surface area contributed by atoms with Gasteiger partial charge in [0.2, 0.25) is 5.91 Å². The maximum Gasteiger partial charge on any atom is 0.256 e. The van der Waals surface area contributed by atoms with Crippen LogP contribution in [0, 0.1) is 0 Å². The molecule has 7 heteroatoms. The minimum atomic E-state index is -0.0488. The van der Waals surface area contributed by atoms with Gasteiger partial charge in [-0.2, -0.15) is 0 Å². The Hall–Kier alpha value is -2.12. The van der Waals surface area contributed by atoms with Gasteiger partial charge in [-0.05, 0) is 12.1 Å². The maximum absolute atomic E-state index is 12.5. The number of carbonyl (C=O) groups is 2. The summed E-state index contributed by atoms with van der Waals surface area (Å²) in [6.45, 7) is 3.91. The standard InChI is InChI=1S/C16H24N4O3/c1-23-11-6-18-15(21)12-19-7-9-20(10-8-19)16(22)13-4-2-3-5-14(13)17/h2-5H,6-12,17H2,1H3,(H,18,21). The molecule has 1 fully saturated rings. The molecule has 7 nitrogen and oxygen atoms in total. The van der Waals surface area contributed by atoms with Crippen LogP contribution in [-0.4, -0.2) is 74.6 Å². The summed E-state index contributed by atoms with van der Waals surface area (Å²) < 4.78 is 4.89. The summed E-state index contributed by atoms with van der Waals surface area (Å²) in [6.07, 6.45) is 0. The molecule has 0 spiro atoms. The lowest BCUT2D eigenvalue weighted by Crippen LogP contribution is -2.51. The lowest BCUT2D eigenvalue weighted by Gasteiger charge is -2.34. The van der Waals surface area contributed by atoms with Crippen molar-refractivity contribution in [2.75, 3.05) is 58.7 Å². The zero-order valence-electron chi connectivity index (χ0n) is 13.5. The van der Waals surface area contributed by atoms with Crippen molar-refractivity contribution in [1.29, 1.82) is 0 Å². The van der Waals surface area contributed by atoms with Crippen LogP contribution in [0.1, 0.15) is 10.4 Å². The molecule has 0 bridgehead atoms. The number of nitrogens with zero attached hydrogens (tertiary/aromatic N) is 2. The summed E-state index contributed by atoms with van der Waals surface area (Å²) in [5.74, 6) is -0.0681. The van der Waals surface area contributed by atoms with Gasteiger partial charge in [-0.3, -0.25) is 14.5 Å². The van der Waals surface area contributed by atoms with Crippen LogP contribution < -0.4 is 11.1 Å². The van der Waals surface area contributed by atoms with E-state index in [1.165, 1.54) is 0 Å². The Morgan fingerprint density at radius 3 is 2.57 bits per heavy atom. The minimum absolute atomic E-state index is 0.0193. The number of amides is 2. The van der Waals surface area contributed by atoms with Crippen LogP contribution in [0.4, 0.5) is 5.69 Å². The predicted molar refractivity (Wildman–Crippen MR) is 88.1 cm³/mol. The van der Waals surface area contributed by atoms with Crippen LogP contribution in [0.3, 0.4) is 0 Å². The molecular formula is C16H24N4O3. The second kappa shape index (κ2) is 8.50. The average Bonchev–Trinajstić information content (AvgIpc) is 2.56. The lowest BCUT2D eigenvalue weighted by molar-refractivity contribution is -0.122. The Morgan fingerprint density at radius 1 is 1.22 bits per heavy atom. The van der Waals surface area contributed by atoms with Crippen LogP contribution in [0.25, 0.3) is 0 Å². The van der Waals surface area contributed by atoms with E-state index in [2.05, 4.69) is 5.32 Å². The number of anilines is 1. The van der Waals surface area contributed by atoms with E-state index in [0.717, 1.165) is 0 Å². The number of benzene rings is 1. The normalized spacial score (nSPS) is 15.4. The summed E-state index contributed by atoms with van der Waals surface area (Å²) in [6, 6.07) is 7.09. The van der Waals surface area contributed by atoms with Gasteiger partial charge in [0, 0.05) is 45.5 Å². The smallest absolute Gasteiger partial charge is 0.256 e. The number of methoxy groups -OCH3 is 1. The third kappa shape index (κ3) is 4.94. The molecule has 1 aliphatic rings. The number of ether oxygens (including phenoxy) is 1. The van der Waals surface area contributed by atoms with Crippen molar-refractivity contribution in [3.63, 3.8) is 0 Å². The van der Waals surface area contributed by atoms with Crippen molar-refractivity contribution in [3.05, 3.63) is 29.8 Å². The molecule has 126 valence electrons. The Labute approximate surface area is 136 Å². The van der Waals surface area contributed by atoms with E-state index in [1.807, 2.05) is 17.0 Å². The number of hydrogen-bond donors (Lipinski definition) is 2. The fourth-order valence-electron chi connectivity index (χ4n) is 2.52. The SMILES string of the molecule is COCCNC(=O)CN1CCN(C(=O)c2ccccc2N)CC1. The first-order chi connectivity index (χ1) is 11.1. The maximum atomic E-state index is 12.5. The fraction of sp³-hybridized carbons (Fsp3) is 0.500. The average molecular weight is 320 g/mol. The highest BCUT2D eigenvalue weighted by atomic mass is 16.5. The molecule has 3 N–H and O–H groups in total. The van der Waals surface area contributed by atoms with Gasteiger partial charge in [0.25, 0.3) is 5.91 Å². The van der Waals surface area contributed by atoms with Crippen molar-refractivity contribution in [1.82, 2.24) is 15.1 Å². The van der Waals surface area contributed by atoms with E-state index in [-0.39, 0.29) is 11.8 Å². The zero-order chi connectivity index (χ0) is 16.7. The summed E-state index contributed by atoms with van der Waals surface area (Å²) in [4.78, 5) is 28.0. The third-order valence-electron chi connectivity index (χ3n) is 3.85. The molecule has 1 saturated heterocycles. The number of carbonyl (C=O) groups excluding carboxylic acids is 2. The third-order valence-corrected chi connectivity index (χ3v) is 3.85. The molecule has 0 aliphatic carbocycles.